The van der Waals surface area contributed by atoms with E-state index in [-0.39, 0.29) is 11.8 Å². The standard InChI is InChI=1S/C32H29N3O3/c36-31(19-17-29-16-18-30(38-29)26-9-5-2-6-10-26)33-27-12-14-28(15-13-27)34-21-23-35(24-22-34)32(37)20-11-25-7-3-1-4-8-25/h1-20H,21-24H2,(H,33,36)/b19-17+,20-11+. The Hall–Kier alpha value is -4.84. The minimum absolute atomic E-state index is 0.0328. The third kappa shape index (κ3) is 6.48. The lowest BCUT2D eigenvalue weighted by Crippen LogP contribution is -2.48. The summed E-state index contributed by atoms with van der Waals surface area (Å²) in [5, 5.41) is 2.88. The molecule has 2 amide bonds. The lowest BCUT2D eigenvalue weighted by molar-refractivity contribution is -0.126. The highest BCUT2D eigenvalue weighted by Gasteiger charge is 2.19. The molecule has 190 valence electrons. The summed E-state index contributed by atoms with van der Waals surface area (Å²) < 4.78 is 5.81. The van der Waals surface area contributed by atoms with E-state index < -0.39 is 0 Å². The second-order valence-corrected chi connectivity index (χ2v) is 8.99. The van der Waals surface area contributed by atoms with Gasteiger partial charge in [0.1, 0.15) is 11.5 Å². The van der Waals surface area contributed by atoms with E-state index in [2.05, 4.69) is 10.2 Å². The van der Waals surface area contributed by atoms with E-state index >= 15 is 0 Å². The number of amides is 2. The van der Waals surface area contributed by atoms with Crippen LogP contribution in [0.25, 0.3) is 23.5 Å². The molecule has 0 aliphatic carbocycles. The van der Waals surface area contributed by atoms with Crippen molar-refractivity contribution in [2.75, 3.05) is 36.4 Å². The van der Waals surface area contributed by atoms with Crippen LogP contribution in [0.15, 0.2) is 114 Å². The third-order valence-corrected chi connectivity index (χ3v) is 6.39. The van der Waals surface area contributed by atoms with Crippen molar-refractivity contribution in [2.45, 2.75) is 0 Å². The Morgan fingerprint density at radius 3 is 2.11 bits per heavy atom. The summed E-state index contributed by atoms with van der Waals surface area (Å²) in [5.74, 6) is 1.18. The van der Waals surface area contributed by atoms with E-state index in [4.69, 9.17) is 4.42 Å². The summed E-state index contributed by atoms with van der Waals surface area (Å²) in [4.78, 5) is 29.1. The van der Waals surface area contributed by atoms with Gasteiger partial charge in [-0.25, -0.2) is 0 Å². The van der Waals surface area contributed by atoms with Crippen LogP contribution >= 0.6 is 0 Å². The fourth-order valence-electron chi connectivity index (χ4n) is 4.32. The average Bonchev–Trinajstić information content (AvgIpc) is 3.46. The van der Waals surface area contributed by atoms with Gasteiger partial charge in [-0.05, 0) is 54.1 Å². The first kappa shape index (κ1) is 24.8. The molecule has 0 saturated carbocycles. The van der Waals surface area contributed by atoms with Gasteiger partial charge in [0.25, 0.3) is 0 Å². The van der Waals surface area contributed by atoms with E-state index in [1.54, 1.807) is 12.2 Å². The Bertz CT molecular complexity index is 1420. The molecule has 1 aromatic heterocycles. The van der Waals surface area contributed by atoms with Gasteiger partial charge in [-0.15, -0.1) is 0 Å². The van der Waals surface area contributed by atoms with Crippen LogP contribution in [0.1, 0.15) is 11.3 Å². The van der Waals surface area contributed by atoms with Crippen LogP contribution in [-0.2, 0) is 9.59 Å². The van der Waals surface area contributed by atoms with Crippen molar-refractivity contribution in [1.29, 1.82) is 0 Å². The molecule has 0 bridgehead atoms. The summed E-state index contributed by atoms with van der Waals surface area (Å²) in [6.07, 6.45) is 6.62. The molecule has 1 aliphatic heterocycles. The van der Waals surface area contributed by atoms with Crippen molar-refractivity contribution in [1.82, 2.24) is 4.90 Å². The Kier molecular flexibility index (Phi) is 7.80. The van der Waals surface area contributed by atoms with E-state index in [0.717, 1.165) is 35.7 Å². The molecule has 0 unspecified atom stereocenters. The van der Waals surface area contributed by atoms with Crippen molar-refractivity contribution in [3.05, 3.63) is 121 Å². The molecule has 6 heteroatoms. The van der Waals surface area contributed by atoms with Crippen LogP contribution in [0.4, 0.5) is 11.4 Å². The smallest absolute Gasteiger partial charge is 0.248 e. The van der Waals surface area contributed by atoms with Crippen LogP contribution in [0.3, 0.4) is 0 Å². The van der Waals surface area contributed by atoms with Gasteiger partial charge in [-0.1, -0.05) is 60.7 Å². The molecule has 5 rings (SSSR count). The first-order valence-corrected chi connectivity index (χ1v) is 12.7. The van der Waals surface area contributed by atoms with Gasteiger partial charge in [0, 0.05) is 55.3 Å². The summed E-state index contributed by atoms with van der Waals surface area (Å²) in [6.45, 7) is 2.85. The van der Waals surface area contributed by atoms with Crippen LogP contribution in [0.2, 0.25) is 0 Å². The molecule has 4 aromatic rings. The van der Waals surface area contributed by atoms with Gasteiger partial charge in [-0.3, -0.25) is 9.59 Å². The molecule has 38 heavy (non-hydrogen) atoms. The van der Waals surface area contributed by atoms with E-state index in [1.165, 1.54) is 6.08 Å². The van der Waals surface area contributed by atoms with Crippen molar-refractivity contribution in [3.63, 3.8) is 0 Å². The first-order chi connectivity index (χ1) is 18.6. The molecule has 1 fully saturated rings. The predicted octanol–water partition coefficient (Wildman–Crippen LogP) is 5.96. The second-order valence-electron chi connectivity index (χ2n) is 8.99. The number of anilines is 2. The molecular weight excluding hydrogens is 474 g/mol. The maximum Gasteiger partial charge on any atom is 0.248 e. The number of furan rings is 1. The number of carbonyl (C=O) groups excluding carboxylic acids is 2. The number of rotatable bonds is 7. The Morgan fingerprint density at radius 1 is 0.711 bits per heavy atom. The number of carbonyl (C=O) groups is 2. The number of hydrogen-bond donors (Lipinski definition) is 1. The maximum absolute atomic E-state index is 12.5. The van der Waals surface area contributed by atoms with Gasteiger partial charge in [0.15, 0.2) is 0 Å². The van der Waals surface area contributed by atoms with E-state index in [1.807, 2.05) is 108 Å². The Morgan fingerprint density at radius 2 is 1.39 bits per heavy atom. The lowest BCUT2D eigenvalue weighted by atomic mass is 10.2. The van der Waals surface area contributed by atoms with Gasteiger partial charge in [0.05, 0.1) is 0 Å². The van der Waals surface area contributed by atoms with Crippen molar-refractivity contribution < 1.29 is 14.0 Å². The van der Waals surface area contributed by atoms with Crippen molar-refractivity contribution >= 4 is 35.3 Å². The monoisotopic (exact) mass is 503 g/mol. The minimum Gasteiger partial charge on any atom is -0.457 e. The molecule has 1 N–H and O–H groups in total. The highest BCUT2D eigenvalue weighted by atomic mass is 16.3. The maximum atomic E-state index is 12.5. The van der Waals surface area contributed by atoms with Gasteiger partial charge in [0.2, 0.25) is 11.8 Å². The average molecular weight is 504 g/mol. The zero-order chi connectivity index (χ0) is 26.2. The summed E-state index contributed by atoms with van der Waals surface area (Å²) in [6, 6.07) is 31.2. The molecule has 1 saturated heterocycles. The molecule has 0 spiro atoms. The largest absolute Gasteiger partial charge is 0.457 e. The fourth-order valence-corrected chi connectivity index (χ4v) is 4.32. The highest BCUT2D eigenvalue weighted by molar-refractivity contribution is 6.01. The molecule has 0 radical (unpaired) electrons. The Labute approximate surface area is 222 Å². The molecule has 6 nitrogen and oxygen atoms in total. The number of hydrogen-bond acceptors (Lipinski definition) is 4. The van der Waals surface area contributed by atoms with Crippen LogP contribution in [0.5, 0.6) is 0 Å². The fraction of sp³-hybridized carbons (Fsp3) is 0.125. The van der Waals surface area contributed by atoms with Gasteiger partial charge < -0.3 is 19.5 Å². The summed E-state index contributed by atoms with van der Waals surface area (Å²) in [7, 11) is 0. The highest BCUT2D eigenvalue weighted by Crippen LogP contribution is 2.23. The second kappa shape index (κ2) is 11.9. The number of piperazine rings is 1. The zero-order valence-corrected chi connectivity index (χ0v) is 21.0. The van der Waals surface area contributed by atoms with Crippen LogP contribution in [0, 0.1) is 0 Å². The van der Waals surface area contributed by atoms with E-state index in [0.29, 0.717) is 24.5 Å². The molecule has 2 heterocycles. The van der Waals surface area contributed by atoms with Gasteiger partial charge >= 0.3 is 0 Å². The lowest BCUT2D eigenvalue weighted by Gasteiger charge is -2.35. The van der Waals surface area contributed by atoms with Crippen molar-refractivity contribution in [3.8, 4) is 11.3 Å². The van der Waals surface area contributed by atoms with Crippen molar-refractivity contribution in [2.24, 2.45) is 0 Å². The predicted molar refractivity (Wildman–Crippen MR) is 153 cm³/mol. The zero-order valence-electron chi connectivity index (χ0n) is 21.0. The quantitative estimate of drug-likeness (QED) is 0.316. The minimum atomic E-state index is -0.230. The SMILES string of the molecule is O=C(/C=C/c1ccc(-c2ccccc2)o1)Nc1ccc(N2CCN(C(=O)/C=C/c3ccccc3)CC2)cc1. The van der Waals surface area contributed by atoms with Crippen LogP contribution < -0.4 is 10.2 Å². The molecule has 0 atom stereocenters. The topological polar surface area (TPSA) is 65.8 Å². The molecule has 3 aromatic carbocycles. The number of nitrogens with zero attached hydrogens (tertiary/aromatic N) is 2. The summed E-state index contributed by atoms with van der Waals surface area (Å²) in [5.41, 5.74) is 3.78. The van der Waals surface area contributed by atoms with E-state index in [9.17, 15) is 9.59 Å². The van der Waals surface area contributed by atoms with Crippen LogP contribution in [-0.4, -0.2) is 42.9 Å². The van der Waals surface area contributed by atoms with Gasteiger partial charge in [-0.2, -0.15) is 0 Å². The first-order valence-electron chi connectivity index (χ1n) is 12.7. The Balaban J connectivity index is 1.09. The normalized spacial score (nSPS) is 13.8. The summed E-state index contributed by atoms with van der Waals surface area (Å²) >= 11 is 0. The molecular formula is C32H29N3O3. The number of benzene rings is 3. The third-order valence-electron chi connectivity index (χ3n) is 6.39. The number of nitrogens with one attached hydrogen (secondary N) is 1. The molecule has 1 aliphatic rings.